The molecule has 4 rings (SSSR count). The van der Waals surface area contributed by atoms with Crippen molar-refractivity contribution < 1.29 is 18.0 Å². The third-order valence-corrected chi connectivity index (χ3v) is 7.78. The number of rotatable bonds is 5. The largest absolute Gasteiger partial charge is 0.350 e. The highest BCUT2D eigenvalue weighted by Gasteiger charge is 2.37. The smallest absolute Gasteiger partial charge is 0.277 e. The van der Waals surface area contributed by atoms with Crippen molar-refractivity contribution in [3.63, 3.8) is 0 Å². The van der Waals surface area contributed by atoms with Crippen LogP contribution in [0.5, 0.6) is 0 Å². The normalized spacial score (nSPS) is 17.7. The Morgan fingerprint density at radius 3 is 2.29 bits per heavy atom. The van der Waals surface area contributed by atoms with Gasteiger partial charge in [0, 0.05) is 25.8 Å². The fraction of sp³-hybridized carbons (Fsp3) is 0.304. The summed E-state index contributed by atoms with van der Waals surface area (Å²) < 4.78 is 27.3. The zero-order valence-electron chi connectivity index (χ0n) is 17.8. The van der Waals surface area contributed by atoms with Crippen LogP contribution in [0.15, 0.2) is 53.1 Å². The molecule has 31 heavy (non-hydrogen) atoms. The molecule has 2 aliphatic heterocycles. The molecule has 8 heteroatoms. The van der Waals surface area contributed by atoms with Crippen molar-refractivity contribution in [1.29, 1.82) is 0 Å². The highest BCUT2D eigenvalue weighted by molar-refractivity contribution is 7.89. The number of amides is 2. The number of carbonyl (C=O) groups is 2. The van der Waals surface area contributed by atoms with Crippen molar-refractivity contribution in [2.24, 2.45) is 0 Å². The molecule has 0 atom stereocenters. The van der Waals surface area contributed by atoms with Gasteiger partial charge in [0.25, 0.3) is 11.8 Å². The molecule has 2 amide bonds. The maximum absolute atomic E-state index is 12.9. The first-order valence-electron chi connectivity index (χ1n) is 10.2. The number of nitrogens with zero attached hydrogens (tertiary/aromatic N) is 2. The van der Waals surface area contributed by atoms with Gasteiger partial charge < -0.3 is 5.32 Å². The van der Waals surface area contributed by atoms with Gasteiger partial charge in [-0.25, -0.2) is 8.42 Å². The molecule has 1 N–H and O–H groups in total. The molecule has 0 spiro atoms. The molecule has 0 aliphatic carbocycles. The van der Waals surface area contributed by atoms with E-state index >= 15 is 0 Å². The van der Waals surface area contributed by atoms with Crippen LogP contribution in [0.25, 0.3) is 5.57 Å². The summed E-state index contributed by atoms with van der Waals surface area (Å²) in [6.45, 7) is 4.95. The second-order valence-corrected chi connectivity index (χ2v) is 9.92. The minimum Gasteiger partial charge on any atom is -0.350 e. The third-order valence-electron chi connectivity index (χ3n) is 5.89. The van der Waals surface area contributed by atoms with E-state index in [0.29, 0.717) is 24.3 Å². The molecule has 162 valence electrons. The van der Waals surface area contributed by atoms with E-state index in [-0.39, 0.29) is 16.2 Å². The van der Waals surface area contributed by atoms with E-state index in [1.807, 2.05) is 32.0 Å². The SMILES string of the molecule is Cc1ccc(C2=C(Nc3cccc(S(=O)(=O)N4CCCC4)c3)C(=O)N(C)C2=O)cc1C. The number of imide groups is 1. The Bertz CT molecular complexity index is 1210. The highest BCUT2D eigenvalue weighted by Crippen LogP contribution is 2.31. The second kappa shape index (κ2) is 7.94. The summed E-state index contributed by atoms with van der Waals surface area (Å²) in [5.74, 6) is -0.845. The maximum Gasteiger partial charge on any atom is 0.277 e. The molecule has 1 fully saturated rings. The molecule has 0 aromatic heterocycles. The van der Waals surface area contributed by atoms with Gasteiger partial charge in [0.1, 0.15) is 5.70 Å². The zero-order valence-corrected chi connectivity index (χ0v) is 18.6. The Hall–Kier alpha value is -2.97. The molecule has 0 radical (unpaired) electrons. The van der Waals surface area contributed by atoms with Gasteiger partial charge in [0.2, 0.25) is 10.0 Å². The number of carbonyl (C=O) groups excluding carboxylic acids is 2. The van der Waals surface area contributed by atoms with Crippen LogP contribution >= 0.6 is 0 Å². The molecule has 2 heterocycles. The van der Waals surface area contributed by atoms with E-state index in [9.17, 15) is 18.0 Å². The first-order valence-corrected chi connectivity index (χ1v) is 11.7. The van der Waals surface area contributed by atoms with Gasteiger partial charge >= 0.3 is 0 Å². The summed E-state index contributed by atoms with van der Waals surface area (Å²) >= 11 is 0. The van der Waals surface area contributed by atoms with Gasteiger partial charge in [-0.15, -0.1) is 0 Å². The fourth-order valence-corrected chi connectivity index (χ4v) is 5.44. The van der Waals surface area contributed by atoms with Crippen LogP contribution in [0.1, 0.15) is 29.5 Å². The molecule has 2 aromatic rings. The van der Waals surface area contributed by atoms with Crippen LogP contribution < -0.4 is 5.32 Å². The summed E-state index contributed by atoms with van der Waals surface area (Å²) in [5, 5.41) is 3.02. The van der Waals surface area contributed by atoms with Gasteiger partial charge in [0.15, 0.2) is 0 Å². The Morgan fingerprint density at radius 1 is 0.903 bits per heavy atom. The number of aryl methyl sites for hydroxylation is 2. The van der Waals surface area contributed by atoms with Gasteiger partial charge in [-0.1, -0.05) is 24.3 Å². The minimum atomic E-state index is -3.59. The molecule has 1 saturated heterocycles. The van der Waals surface area contributed by atoms with Crippen LogP contribution in [-0.4, -0.2) is 49.6 Å². The fourth-order valence-electron chi connectivity index (χ4n) is 3.88. The molecular weight excluding hydrogens is 414 g/mol. The molecule has 0 unspecified atom stereocenters. The van der Waals surface area contributed by atoms with Crippen molar-refractivity contribution >= 4 is 33.1 Å². The third kappa shape index (κ3) is 3.77. The predicted octanol–water partition coefficient (Wildman–Crippen LogP) is 2.91. The van der Waals surface area contributed by atoms with E-state index in [0.717, 1.165) is 28.9 Å². The lowest BCUT2D eigenvalue weighted by Crippen LogP contribution is -2.28. The van der Waals surface area contributed by atoms with E-state index in [2.05, 4.69) is 5.32 Å². The number of hydrogen-bond acceptors (Lipinski definition) is 5. The topological polar surface area (TPSA) is 86.8 Å². The zero-order chi connectivity index (χ0) is 22.3. The quantitative estimate of drug-likeness (QED) is 0.724. The standard InChI is InChI=1S/C23H25N3O4S/c1-15-9-10-17(13-16(15)2)20-21(23(28)25(3)22(20)27)24-18-7-6-8-19(14-18)31(29,30)26-11-4-5-12-26/h6-10,13-14,24H,4-5,11-12H2,1-3H3. The van der Waals surface area contributed by atoms with Crippen molar-refractivity contribution in [3.8, 4) is 0 Å². The van der Waals surface area contributed by atoms with Crippen LogP contribution in [-0.2, 0) is 19.6 Å². The first kappa shape index (κ1) is 21.3. The van der Waals surface area contributed by atoms with Gasteiger partial charge in [-0.05, 0) is 61.6 Å². The lowest BCUT2D eigenvalue weighted by Gasteiger charge is -2.16. The lowest BCUT2D eigenvalue weighted by molar-refractivity contribution is -0.135. The Morgan fingerprint density at radius 2 is 1.61 bits per heavy atom. The number of hydrogen-bond donors (Lipinski definition) is 1. The molecule has 2 aromatic carbocycles. The maximum atomic E-state index is 12.9. The van der Waals surface area contributed by atoms with Crippen LogP contribution in [0.3, 0.4) is 0 Å². The number of nitrogens with one attached hydrogen (secondary N) is 1. The van der Waals surface area contributed by atoms with E-state index in [1.165, 1.54) is 17.4 Å². The van der Waals surface area contributed by atoms with Crippen LogP contribution in [0.4, 0.5) is 5.69 Å². The van der Waals surface area contributed by atoms with Gasteiger partial charge in [-0.2, -0.15) is 4.31 Å². The lowest BCUT2D eigenvalue weighted by atomic mass is 9.99. The summed E-state index contributed by atoms with van der Waals surface area (Å²) in [7, 11) is -2.15. The molecule has 2 aliphatic rings. The molecular formula is C23H25N3O4S. The predicted molar refractivity (Wildman–Crippen MR) is 119 cm³/mol. The molecule has 0 bridgehead atoms. The van der Waals surface area contributed by atoms with Crippen molar-refractivity contribution in [2.75, 3.05) is 25.5 Å². The molecule has 0 saturated carbocycles. The van der Waals surface area contributed by atoms with Gasteiger partial charge in [0.05, 0.1) is 10.5 Å². The monoisotopic (exact) mass is 439 g/mol. The summed E-state index contributed by atoms with van der Waals surface area (Å²) in [6, 6.07) is 12.0. The summed E-state index contributed by atoms with van der Waals surface area (Å²) in [6.07, 6.45) is 1.71. The van der Waals surface area contributed by atoms with Crippen LogP contribution in [0.2, 0.25) is 0 Å². The number of anilines is 1. The summed E-state index contributed by atoms with van der Waals surface area (Å²) in [5.41, 5.74) is 3.61. The highest BCUT2D eigenvalue weighted by atomic mass is 32.2. The Kier molecular flexibility index (Phi) is 5.45. The minimum absolute atomic E-state index is 0.145. The van der Waals surface area contributed by atoms with Crippen molar-refractivity contribution in [1.82, 2.24) is 9.21 Å². The Labute approximate surface area is 182 Å². The number of sulfonamides is 1. The van der Waals surface area contributed by atoms with E-state index < -0.39 is 21.8 Å². The summed E-state index contributed by atoms with van der Waals surface area (Å²) in [4.78, 5) is 26.9. The average molecular weight is 440 g/mol. The van der Waals surface area contributed by atoms with E-state index in [1.54, 1.807) is 18.2 Å². The second-order valence-electron chi connectivity index (χ2n) is 7.98. The van der Waals surface area contributed by atoms with Gasteiger partial charge in [-0.3, -0.25) is 14.5 Å². The van der Waals surface area contributed by atoms with Crippen LogP contribution in [0, 0.1) is 13.8 Å². The first-order chi connectivity index (χ1) is 14.7. The van der Waals surface area contributed by atoms with Crippen molar-refractivity contribution in [2.45, 2.75) is 31.6 Å². The van der Waals surface area contributed by atoms with Crippen molar-refractivity contribution in [3.05, 3.63) is 64.9 Å². The van der Waals surface area contributed by atoms with E-state index in [4.69, 9.17) is 0 Å². The number of benzene rings is 2. The average Bonchev–Trinajstić information content (AvgIpc) is 3.36. The number of likely N-dealkylation sites (N-methyl/N-ethyl adjacent to an activating group) is 1. The Balaban J connectivity index is 1.74. The molecule has 7 nitrogen and oxygen atoms in total.